The Hall–Kier alpha value is -3.72. The first-order valence-electron chi connectivity index (χ1n) is 7.89. The molecule has 9 nitrogen and oxygen atoms in total. The summed E-state index contributed by atoms with van der Waals surface area (Å²) in [5.74, 6) is 0. The van der Waals surface area contributed by atoms with Crippen molar-refractivity contribution in [2.75, 3.05) is 0 Å². The number of nitro benzene ring substituents is 2. The Balaban J connectivity index is 1.54. The van der Waals surface area contributed by atoms with Crippen molar-refractivity contribution in [1.82, 2.24) is 0 Å². The lowest BCUT2D eigenvalue weighted by Crippen LogP contribution is -2.34. The summed E-state index contributed by atoms with van der Waals surface area (Å²) < 4.78 is 17.0. The molecule has 0 saturated heterocycles. The molecular formula is C18H12N2O7. The van der Waals surface area contributed by atoms with Crippen molar-refractivity contribution in [3.05, 3.63) is 92.4 Å². The van der Waals surface area contributed by atoms with E-state index in [1.54, 1.807) is 24.3 Å². The fourth-order valence-electron chi connectivity index (χ4n) is 2.81. The summed E-state index contributed by atoms with van der Waals surface area (Å²) in [6.45, 7) is 0. The van der Waals surface area contributed by atoms with Crippen LogP contribution in [0.25, 0.3) is 11.1 Å². The van der Waals surface area contributed by atoms with Crippen LogP contribution in [0.15, 0.2) is 61.1 Å². The van der Waals surface area contributed by atoms with Crippen LogP contribution in [0, 0.1) is 20.2 Å². The van der Waals surface area contributed by atoms with Gasteiger partial charge in [0.05, 0.1) is 33.5 Å². The second-order valence-corrected chi connectivity index (χ2v) is 5.83. The van der Waals surface area contributed by atoms with Crippen LogP contribution in [-0.4, -0.2) is 22.4 Å². The smallest absolute Gasteiger partial charge is 0.269 e. The molecule has 0 radical (unpaired) electrons. The molecule has 2 aliphatic heterocycles. The molecule has 0 unspecified atom stereocenters. The molecule has 2 bridgehead atoms. The van der Waals surface area contributed by atoms with Gasteiger partial charge in [0.1, 0.15) is 0 Å². The van der Waals surface area contributed by atoms with E-state index in [9.17, 15) is 20.2 Å². The highest BCUT2D eigenvalue weighted by Crippen LogP contribution is 2.37. The van der Waals surface area contributed by atoms with Gasteiger partial charge in [0.2, 0.25) is 12.6 Å². The van der Waals surface area contributed by atoms with Crippen molar-refractivity contribution in [2.24, 2.45) is 0 Å². The monoisotopic (exact) mass is 368 g/mol. The number of fused-ring (bicyclic) bond motifs is 2. The van der Waals surface area contributed by atoms with E-state index in [-0.39, 0.29) is 11.4 Å². The summed E-state index contributed by atoms with van der Waals surface area (Å²) >= 11 is 0. The second kappa shape index (κ2) is 6.54. The first kappa shape index (κ1) is 16.7. The minimum atomic E-state index is -0.716. The molecular weight excluding hydrogens is 356 g/mol. The third-order valence-electron chi connectivity index (χ3n) is 4.22. The van der Waals surface area contributed by atoms with Gasteiger partial charge >= 0.3 is 0 Å². The van der Waals surface area contributed by atoms with Gasteiger partial charge in [-0.2, -0.15) is 0 Å². The molecule has 0 saturated carbocycles. The standard InChI is InChI=1S/C18H12N2O7/c21-19(22)13-5-1-11(2-6-13)15-9-25-18-16(10-26-17(15)27-18)12-3-7-14(8-4-12)20(23)24/h1-10,17-18H/t17-,18-/m1/s1. The average Bonchev–Trinajstić information content (AvgIpc) is 2.69. The summed E-state index contributed by atoms with van der Waals surface area (Å²) in [6, 6.07) is 11.9. The van der Waals surface area contributed by atoms with E-state index in [4.69, 9.17) is 14.2 Å². The number of hydrogen-bond donors (Lipinski definition) is 0. The lowest BCUT2D eigenvalue weighted by atomic mass is 10.0. The fourth-order valence-corrected chi connectivity index (χ4v) is 2.81. The third-order valence-corrected chi connectivity index (χ3v) is 4.22. The van der Waals surface area contributed by atoms with Gasteiger partial charge in [-0.15, -0.1) is 0 Å². The van der Waals surface area contributed by atoms with Crippen LogP contribution in [-0.2, 0) is 14.2 Å². The lowest BCUT2D eigenvalue weighted by Gasteiger charge is -2.35. The maximum absolute atomic E-state index is 10.8. The molecule has 136 valence electrons. The van der Waals surface area contributed by atoms with Crippen LogP contribution < -0.4 is 0 Å². The molecule has 27 heavy (non-hydrogen) atoms. The molecule has 0 fully saturated rings. The first-order chi connectivity index (χ1) is 13.0. The Morgan fingerprint density at radius 1 is 0.667 bits per heavy atom. The molecule has 0 N–H and O–H groups in total. The van der Waals surface area contributed by atoms with Gasteiger partial charge in [0, 0.05) is 24.3 Å². The first-order valence-corrected chi connectivity index (χ1v) is 7.89. The van der Waals surface area contributed by atoms with E-state index in [1.165, 1.54) is 36.8 Å². The Kier molecular flexibility index (Phi) is 4.05. The van der Waals surface area contributed by atoms with Gasteiger partial charge in [0.15, 0.2) is 0 Å². The number of nitrogens with zero attached hydrogens (tertiary/aromatic N) is 2. The van der Waals surface area contributed by atoms with Gasteiger partial charge in [-0.25, -0.2) is 0 Å². The number of rotatable bonds is 4. The van der Waals surface area contributed by atoms with Crippen LogP contribution in [0.5, 0.6) is 0 Å². The van der Waals surface area contributed by atoms with Gasteiger partial charge in [-0.3, -0.25) is 25.0 Å². The maximum Gasteiger partial charge on any atom is 0.269 e. The number of hydrogen-bond acceptors (Lipinski definition) is 7. The summed E-state index contributed by atoms with van der Waals surface area (Å²) in [6.07, 6.45) is 1.57. The molecule has 0 aliphatic carbocycles. The molecule has 2 atom stereocenters. The van der Waals surface area contributed by atoms with E-state index < -0.39 is 22.4 Å². The third kappa shape index (κ3) is 3.11. The zero-order chi connectivity index (χ0) is 19.0. The van der Waals surface area contributed by atoms with Crippen molar-refractivity contribution < 1.29 is 24.1 Å². The zero-order valence-electron chi connectivity index (χ0n) is 13.7. The Bertz CT molecular complexity index is 885. The summed E-state index contributed by atoms with van der Waals surface area (Å²) in [5.41, 5.74) is 2.52. The highest BCUT2D eigenvalue weighted by Gasteiger charge is 2.35. The topological polar surface area (TPSA) is 114 Å². The number of nitro groups is 2. The van der Waals surface area contributed by atoms with Crippen molar-refractivity contribution >= 4 is 22.5 Å². The van der Waals surface area contributed by atoms with Gasteiger partial charge in [0.25, 0.3) is 11.4 Å². The maximum atomic E-state index is 10.8. The van der Waals surface area contributed by atoms with Crippen molar-refractivity contribution in [1.29, 1.82) is 0 Å². The highest BCUT2D eigenvalue weighted by atomic mass is 16.8. The number of non-ortho nitro benzene ring substituents is 2. The average molecular weight is 368 g/mol. The predicted molar refractivity (Wildman–Crippen MR) is 93.0 cm³/mol. The molecule has 0 aromatic heterocycles. The Morgan fingerprint density at radius 2 is 1.04 bits per heavy atom. The van der Waals surface area contributed by atoms with Gasteiger partial charge < -0.3 is 9.47 Å². The van der Waals surface area contributed by atoms with Gasteiger partial charge in [-0.05, 0) is 35.4 Å². The molecule has 9 heteroatoms. The minimum absolute atomic E-state index is 0.0141. The SMILES string of the molecule is O=[N+]([O-])c1ccc(C2=CO[C@@H]3O[C@H]2OC=C3c2ccc([N+](=O)[O-])cc2)cc1. The molecule has 2 aliphatic rings. The van der Waals surface area contributed by atoms with Crippen LogP contribution >= 0.6 is 0 Å². The Labute approximate surface area is 152 Å². The summed E-state index contributed by atoms with van der Waals surface area (Å²) in [5, 5.41) is 21.5. The highest BCUT2D eigenvalue weighted by molar-refractivity contribution is 5.73. The number of ether oxygens (including phenoxy) is 3. The van der Waals surface area contributed by atoms with Gasteiger partial charge in [-0.1, -0.05) is 0 Å². The molecule has 2 aromatic rings. The van der Waals surface area contributed by atoms with Crippen LogP contribution in [0.1, 0.15) is 11.1 Å². The van der Waals surface area contributed by atoms with Crippen molar-refractivity contribution in [3.63, 3.8) is 0 Å². The van der Waals surface area contributed by atoms with Crippen LogP contribution in [0.3, 0.4) is 0 Å². The van der Waals surface area contributed by atoms with E-state index in [0.717, 1.165) is 0 Å². The molecule has 0 spiro atoms. The predicted octanol–water partition coefficient (Wildman–Crippen LogP) is 3.61. The van der Waals surface area contributed by atoms with E-state index in [1.807, 2.05) is 0 Å². The minimum Gasteiger partial charge on any atom is -0.467 e. The van der Waals surface area contributed by atoms with Crippen LogP contribution in [0.4, 0.5) is 11.4 Å². The van der Waals surface area contributed by atoms with E-state index in [0.29, 0.717) is 22.3 Å². The summed E-state index contributed by atoms with van der Waals surface area (Å²) in [7, 11) is 0. The summed E-state index contributed by atoms with van der Waals surface area (Å²) in [4.78, 5) is 20.6. The van der Waals surface area contributed by atoms with Crippen LogP contribution in [0.2, 0.25) is 0 Å². The molecule has 4 rings (SSSR count). The second-order valence-electron chi connectivity index (χ2n) is 5.83. The van der Waals surface area contributed by atoms with Crippen molar-refractivity contribution in [3.8, 4) is 0 Å². The molecule has 2 heterocycles. The fraction of sp³-hybridized carbons (Fsp3) is 0.111. The zero-order valence-corrected chi connectivity index (χ0v) is 13.7. The van der Waals surface area contributed by atoms with E-state index in [2.05, 4.69) is 0 Å². The lowest BCUT2D eigenvalue weighted by molar-refractivity contribution is -0.385. The van der Waals surface area contributed by atoms with Crippen molar-refractivity contribution in [2.45, 2.75) is 12.6 Å². The molecule has 0 amide bonds. The molecule has 2 aromatic carbocycles. The Morgan fingerprint density at radius 3 is 1.37 bits per heavy atom. The van der Waals surface area contributed by atoms with E-state index >= 15 is 0 Å². The largest absolute Gasteiger partial charge is 0.467 e. The number of benzene rings is 2. The normalized spacial score (nSPS) is 20.6. The quantitative estimate of drug-likeness (QED) is 0.598.